The van der Waals surface area contributed by atoms with E-state index >= 15 is 4.39 Å². The van der Waals surface area contributed by atoms with Gasteiger partial charge in [-0.3, -0.25) is 9.69 Å². The number of fused-ring (bicyclic) bond motifs is 1. The molecule has 2 saturated heterocycles. The standard InChI is InChI=1S/C28H36FN5O4/c1-16(2)34-23-12-18(26-21(29)13-30-28(32-26)31-22-8-11-38-15-25(22)36)4-5-20(23)27(37)17(3)24(34)14-33-9-6-19(35)7-10-33/h4-5,12-13,16,19,22,25,35-36H,6-11,14-15H2,1-3H3,(H,30,31,32)/t22-,25-/m1/s1. The molecular formula is C28H36FN5O4. The van der Waals surface area contributed by atoms with Gasteiger partial charge in [-0.15, -0.1) is 0 Å². The normalized spacial score (nSPS) is 21.3. The number of rotatable bonds is 6. The van der Waals surface area contributed by atoms with Gasteiger partial charge >= 0.3 is 0 Å². The number of aliphatic hydroxyl groups excluding tert-OH is 2. The predicted molar refractivity (Wildman–Crippen MR) is 144 cm³/mol. The topological polar surface area (TPSA) is 113 Å². The highest BCUT2D eigenvalue weighted by molar-refractivity contribution is 5.85. The zero-order valence-corrected chi connectivity index (χ0v) is 22.2. The van der Waals surface area contributed by atoms with Crippen molar-refractivity contribution >= 4 is 16.9 Å². The third-order valence-electron chi connectivity index (χ3n) is 7.67. The van der Waals surface area contributed by atoms with Crippen molar-refractivity contribution in [2.45, 2.75) is 70.9 Å². The lowest BCUT2D eigenvalue weighted by molar-refractivity contribution is -0.0136. The van der Waals surface area contributed by atoms with Gasteiger partial charge in [0.25, 0.3) is 0 Å². The molecule has 38 heavy (non-hydrogen) atoms. The van der Waals surface area contributed by atoms with Gasteiger partial charge in [-0.25, -0.2) is 14.4 Å². The molecule has 4 heterocycles. The number of benzene rings is 1. The number of anilines is 1. The zero-order valence-electron chi connectivity index (χ0n) is 22.2. The van der Waals surface area contributed by atoms with E-state index in [0.29, 0.717) is 36.1 Å². The summed E-state index contributed by atoms with van der Waals surface area (Å²) in [5.74, 6) is -0.342. The number of piperidine rings is 1. The van der Waals surface area contributed by atoms with Crippen molar-refractivity contribution in [3.63, 3.8) is 0 Å². The minimum absolute atomic E-state index is 0.0329. The van der Waals surface area contributed by atoms with Crippen LogP contribution in [-0.4, -0.2) is 74.2 Å². The molecule has 2 aromatic heterocycles. The van der Waals surface area contributed by atoms with Gasteiger partial charge in [0, 0.05) is 54.5 Å². The molecule has 2 aliphatic heterocycles. The van der Waals surface area contributed by atoms with Gasteiger partial charge in [0.2, 0.25) is 5.95 Å². The number of hydrogen-bond donors (Lipinski definition) is 3. The van der Waals surface area contributed by atoms with Crippen LogP contribution in [0.3, 0.4) is 0 Å². The Hall–Kier alpha value is -2.92. The highest BCUT2D eigenvalue weighted by atomic mass is 19.1. The summed E-state index contributed by atoms with van der Waals surface area (Å²) in [6.45, 7) is 8.91. The van der Waals surface area contributed by atoms with Crippen LogP contribution in [0.25, 0.3) is 22.2 Å². The number of pyridine rings is 1. The number of ether oxygens (including phenoxy) is 1. The van der Waals surface area contributed by atoms with E-state index in [1.807, 2.05) is 13.0 Å². The Balaban J connectivity index is 1.56. The molecule has 10 heteroatoms. The summed E-state index contributed by atoms with van der Waals surface area (Å²) in [4.78, 5) is 24.2. The van der Waals surface area contributed by atoms with Crippen LogP contribution in [0, 0.1) is 12.7 Å². The monoisotopic (exact) mass is 525 g/mol. The van der Waals surface area contributed by atoms with Crippen molar-refractivity contribution < 1.29 is 19.3 Å². The van der Waals surface area contributed by atoms with Crippen molar-refractivity contribution in [3.8, 4) is 11.3 Å². The van der Waals surface area contributed by atoms with Crippen LogP contribution in [0.2, 0.25) is 0 Å². The Bertz CT molecular complexity index is 1370. The van der Waals surface area contributed by atoms with Gasteiger partial charge < -0.3 is 24.8 Å². The Morgan fingerprint density at radius 3 is 2.68 bits per heavy atom. The fourth-order valence-corrected chi connectivity index (χ4v) is 5.50. The minimum Gasteiger partial charge on any atom is -0.393 e. The minimum atomic E-state index is -0.702. The van der Waals surface area contributed by atoms with Crippen molar-refractivity contribution in [3.05, 3.63) is 51.7 Å². The molecule has 0 spiro atoms. The largest absolute Gasteiger partial charge is 0.393 e. The molecule has 2 fully saturated rings. The Morgan fingerprint density at radius 1 is 1.21 bits per heavy atom. The van der Waals surface area contributed by atoms with E-state index in [4.69, 9.17) is 4.74 Å². The molecule has 9 nitrogen and oxygen atoms in total. The van der Waals surface area contributed by atoms with Crippen molar-refractivity contribution in [1.82, 2.24) is 19.4 Å². The second kappa shape index (κ2) is 11.1. The van der Waals surface area contributed by atoms with E-state index < -0.39 is 11.9 Å². The first-order valence-corrected chi connectivity index (χ1v) is 13.4. The third kappa shape index (κ3) is 5.31. The highest BCUT2D eigenvalue weighted by Crippen LogP contribution is 2.29. The van der Waals surface area contributed by atoms with Crippen LogP contribution in [0.4, 0.5) is 10.3 Å². The molecule has 0 unspecified atom stereocenters. The molecule has 0 bridgehead atoms. The summed E-state index contributed by atoms with van der Waals surface area (Å²) < 4.78 is 22.5. The molecular weight excluding hydrogens is 489 g/mol. The van der Waals surface area contributed by atoms with Crippen molar-refractivity contribution in [2.75, 3.05) is 31.6 Å². The molecule has 1 aromatic carbocycles. The van der Waals surface area contributed by atoms with E-state index in [0.717, 1.165) is 43.3 Å². The lowest BCUT2D eigenvalue weighted by Gasteiger charge is -2.32. The van der Waals surface area contributed by atoms with Crippen LogP contribution in [0.1, 0.15) is 50.4 Å². The van der Waals surface area contributed by atoms with E-state index in [9.17, 15) is 15.0 Å². The summed E-state index contributed by atoms with van der Waals surface area (Å²) in [7, 11) is 0. The first kappa shape index (κ1) is 26.7. The van der Waals surface area contributed by atoms with Crippen molar-refractivity contribution in [2.24, 2.45) is 0 Å². The molecule has 0 aliphatic carbocycles. The molecule has 0 saturated carbocycles. The number of nitrogens with one attached hydrogen (secondary N) is 1. The van der Waals surface area contributed by atoms with E-state index in [2.05, 4.69) is 38.6 Å². The summed E-state index contributed by atoms with van der Waals surface area (Å²) >= 11 is 0. The van der Waals surface area contributed by atoms with E-state index in [1.54, 1.807) is 12.1 Å². The van der Waals surface area contributed by atoms with Gasteiger partial charge in [0.15, 0.2) is 11.2 Å². The number of halogens is 1. The maximum Gasteiger partial charge on any atom is 0.223 e. The fraction of sp³-hybridized carbons (Fsp3) is 0.536. The van der Waals surface area contributed by atoms with Crippen LogP contribution in [0.15, 0.2) is 29.2 Å². The van der Waals surface area contributed by atoms with E-state index in [1.165, 1.54) is 0 Å². The molecule has 5 rings (SSSR count). The Morgan fingerprint density at radius 2 is 1.97 bits per heavy atom. The van der Waals surface area contributed by atoms with Crippen LogP contribution >= 0.6 is 0 Å². The predicted octanol–water partition coefficient (Wildman–Crippen LogP) is 3.01. The quantitative estimate of drug-likeness (QED) is 0.450. The number of hydrogen-bond acceptors (Lipinski definition) is 8. The number of aliphatic hydroxyl groups is 2. The lowest BCUT2D eigenvalue weighted by atomic mass is 10.0. The number of nitrogens with zero attached hydrogens (tertiary/aromatic N) is 4. The molecule has 204 valence electrons. The van der Waals surface area contributed by atoms with Crippen LogP contribution < -0.4 is 10.7 Å². The third-order valence-corrected chi connectivity index (χ3v) is 7.67. The fourth-order valence-electron chi connectivity index (χ4n) is 5.50. The van der Waals surface area contributed by atoms with Crippen LogP contribution in [-0.2, 0) is 11.3 Å². The molecule has 2 atom stereocenters. The number of likely N-dealkylation sites (tertiary alicyclic amines) is 1. The average Bonchev–Trinajstić information content (AvgIpc) is 2.90. The van der Waals surface area contributed by atoms with Gasteiger partial charge in [0.1, 0.15) is 5.69 Å². The first-order valence-electron chi connectivity index (χ1n) is 13.4. The first-order chi connectivity index (χ1) is 18.2. The average molecular weight is 526 g/mol. The second-order valence-electron chi connectivity index (χ2n) is 10.7. The molecule has 0 radical (unpaired) electrons. The zero-order chi connectivity index (χ0) is 27.0. The highest BCUT2D eigenvalue weighted by Gasteiger charge is 2.25. The Labute approximate surface area is 221 Å². The molecule has 0 amide bonds. The smallest absolute Gasteiger partial charge is 0.223 e. The van der Waals surface area contributed by atoms with Gasteiger partial charge in [-0.2, -0.15) is 0 Å². The van der Waals surface area contributed by atoms with Crippen LogP contribution in [0.5, 0.6) is 0 Å². The maximum atomic E-state index is 15.0. The lowest BCUT2D eigenvalue weighted by Crippen LogP contribution is -2.42. The molecule has 3 N–H and O–H groups in total. The van der Waals surface area contributed by atoms with Gasteiger partial charge in [0.05, 0.1) is 36.6 Å². The van der Waals surface area contributed by atoms with Gasteiger partial charge in [-0.05, 0) is 52.2 Å². The van der Waals surface area contributed by atoms with Gasteiger partial charge in [-0.1, -0.05) is 6.07 Å². The summed E-state index contributed by atoms with van der Waals surface area (Å²) in [5, 5.41) is 23.8. The van der Waals surface area contributed by atoms with Crippen molar-refractivity contribution in [1.29, 1.82) is 0 Å². The summed E-state index contributed by atoms with van der Waals surface area (Å²) in [6.07, 6.45) is 2.18. The molecule has 2 aliphatic rings. The Kier molecular flexibility index (Phi) is 7.76. The number of aromatic nitrogens is 3. The molecule has 3 aromatic rings. The second-order valence-corrected chi connectivity index (χ2v) is 10.7. The van der Waals surface area contributed by atoms with E-state index in [-0.39, 0.29) is 41.9 Å². The summed E-state index contributed by atoms with van der Waals surface area (Å²) in [5.41, 5.74) is 3.01. The maximum absolute atomic E-state index is 15.0. The SMILES string of the molecule is Cc1c(CN2CCC(O)CC2)n(C(C)C)c2cc(-c3nc(N[C@@H]4CCOC[C@H]4O)ncc3F)ccc2c1=O. The summed E-state index contributed by atoms with van der Waals surface area (Å²) in [6, 6.07) is 5.07.